The Balaban J connectivity index is 1.59. The Kier molecular flexibility index (Phi) is 7.27. The summed E-state index contributed by atoms with van der Waals surface area (Å²) in [7, 11) is 0. The lowest BCUT2D eigenvalue weighted by Gasteiger charge is -2.27. The van der Waals surface area contributed by atoms with Gasteiger partial charge in [-0.25, -0.2) is 4.98 Å². The van der Waals surface area contributed by atoms with Gasteiger partial charge in [-0.05, 0) is 68.0 Å². The quantitative estimate of drug-likeness (QED) is 0.469. The van der Waals surface area contributed by atoms with Crippen molar-refractivity contribution in [2.75, 3.05) is 50.5 Å². The zero-order chi connectivity index (χ0) is 21.8. The molecule has 1 aliphatic heterocycles. The van der Waals surface area contributed by atoms with Crippen molar-refractivity contribution >= 4 is 44.4 Å². The summed E-state index contributed by atoms with van der Waals surface area (Å²) in [4.78, 5) is 23.8. The van der Waals surface area contributed by atoms with Gasteiger partial charge in [0.15, 0.2) is 5.13 Å². The van der Waals surface area contributed by atoms with Crippen molar-refractivity contribution in [1.29, 1.82) is 0 Å². The minimum Gasteiger partial charge on any atom is -0.379 e. The fourth-order valence-corrected chi connectivity index (χ4v) is 5.38. The van der Waals surface area contributed by atoms with Gasteiger partial charge >= 0.3 is 0 Å². The number of nitrogens with zero attached hydrogens (tertiary/aromatic N) is 3. The number of fused-ring (bicyclic) bond motifs is 1. The van der Waals surface area contributed by atoms with Gasteiger partial charge in [0.2, 0.25) is 0 Å². The number of rotatable bonds is 7. The van der Waals surface area contributed by atoms with E-state index in [9.17, 15) is 4.79 Å². The number of aryl methyl sites for hydroxylation is 2. The molecule has 31 heavy (non-hydrogen) atoms. The highest BCUT2D eigenvalue weighted by atomic mass is 32.2. The molecular weight excluding hydrogens is 426 g/mol. The maximum absolute atomic E-state index is 13.5. The van der Waals surface area contributed by atoms with Crippen molar-refractivity contribution in [2.45, 2.75) is 25.2 Å². The molecule has 0 unspecified atom stereocenters. The molecule has 0 N–H and O–H groups in total. The highest BCUT2D eigenvalue weighted by molar-refractivity contribution is 7.98. The van der Waals surface area contributed by atoms with Gasteiger partial charge in [-0.3, -0.25) is 14.6 Å². The standard InChI is InChI=1S/C24H29N3O2S2/c1-17-15-18(2)22-21(16-17)25-24(31-22)27(10-4-9-26-11-13-29-14-12-26)23(28)19-5-7-20(30-3)8-6-19/h5-8,15-16H,4,9-14H2,1-3H3. The van der Waals surface area contributed by atoms with E-state index >= 15 is 0 Å². The predicted molar refractivity (Wildman–Crippen MR) is 131 cm³/mol. The zero-order valence-electron chi connectivity index (χ0n) is 18.4. The topological polar surface area (TPSA) is 45.7 Å². The van der Waals surface area contributed by atoms with E-state index in [1.54, 1.807) is 23.1 Å². The van der Waals surface area contributed by atoms with E-state index in [1.165, 1.54) is 11.1 Å². The molecule has 7 heteroatoms. The molecule has 0 spiro atoms. The van der Waals surface area contributed by atoms with Crippen LogP contribution in [0.1, 0.15) is 27.9 Å². The van der Waals surface area contributed by atoms with Gasteiger partial charge in [0, 0.05) is 36.6 Å². The summed E-state index contributed by atoms with van der Waals surface area (Å²) in [6, 6.07) is 12.1. The lowest BCUT2D eigenvalue weighted by molar-refractivity contribution is 0.0376. The van der Waals surface area contributed by atoms with Crippen LogP contribution >= 0.6 is 23.1 Å². The number of hydrogen-bond donors (Lipinski definition) is 0. The van der Waals surface area contributed by atoms with Crippen LogP contribution in [-0.2, 0) is 4.74 Å². The van der Waals surface area contributed by atoms with Gasteiger partial charge in [-0.15, -0.1) is 11.8 Å². The molecule has 0 radical (unpaired) electrons. The summed E-state index contributed by atoms with van der Waals surface area (Å²) < 4.78 is 6.61. The van der Waals surface area contributed by atoms with Crippen molar-refractivity contribution in [3.8, 4) is 0 Å². The Morgan fingerprint density at radius 1 is 1.19 bits per heavy atom. The molecule has 164 valence electrons. The number of hydrogen-bond acceptors (Lipinski definition) is 6. The van der Waals surface area contributed by atoms with Gasteiger partial charge in [0.1, 0.15) is 0 Å². The monoisotopic (exact) mass is 455 g/mol. The summed E-state index contributed by atoms with van der Waals surface area (Å²) in [5.41, 5.74) is 4.08. The maximum atomic E-state index is 13.5. The Morgan fingerprint density at radius 2 is 1.94 bits per heavy atom. The molecule has 1 fully saturated rings. The molecule has 2 heterocycles. The second-order valence-electron chi connectivity index (χ2n) is 7.92. The van der Waals surface area contributed by atoms with E-state index in [2.05, 4.69) is 30.9 Å². The fraction of sp³-hybridized carbons (Fsp3) is 0.417. The van der Waals surface area contributed by atoms with E-state index in [1.807, 2.05) is 35.4 Å². The van der Waals surface area contributed by atoms with E-state index < -0.39 is 0 Å². The summed E-state index contributed by atoms with van der Waals surface area (Å²) in [5, 5.41) is 0.782. The van der Waals surface area contributed by atoms with Gasteiger partial charge in [0.25, 0.3) is 5.91 Å². The van der Waals surface area contributed by atoms with Gasteiger partial charge in [-0.2, -0.15) is 0 Å². The van der Waals surface area contributed by atoms with Crippen LogP contribution < -0.4 is 4.90 Å². The van der Waals surface area contributed by atoms with Crippen LogP contribution in [-0.4, -0.2) is 61.4 Å². The number of amides is 1. The van der Waals surface area contributed by atoms with E-state index in [-0.39, 0.29) is 5.91 Å². The third-order valence-corrected chi connectivity index (χ3v) is 7.55. The smallest absolute Gasteiger partial charge is 0.260 e. The number of thiazole rings is 1. The van der Waals surface area contributed by atoms with Gasteiger partial charge in [0.05, 0.1) is 23.4 Å². The number of thioether (sulfide) groups is 1. The first kappa shape index (κ1) is 22.3. The summed E-state index contributed by atoms with van der Waals surface area (Å²) in [6.45, 7) is 9.32. The van der Waals surface area contributed by atoms with Crippen molar-refractivity contribution in [3.05, 3.63) is 53.1 Å². The van der Waals surface area contributed by atoms with Crippen LogP contribution in [0, 0.1) is 13.8 Å². The molecular formula is C24H29N3O2S2. The number of anilines is 1. The Hall–Kier alpha value is -1.93. The third kappa shape index (κ3) is 5.29. The summed E-state index contributed by atoms with van der Waals surface area (Å²) in [5.74, 6) is 0.0167. The molecule has 0 bridgehead atoms. The third-order valence-electron chi connectivity index (χ3n) is 5.58. The van der Waals surface area contributed by atoms with Crippen LogP contribution in [0.5, 0.6) is 0 Å². The van der Waals surface area contributed by atoms with E-state index in [0.29, 0.717) is 12.1 Å². The number of morpholine rings is 1. The average Bonchev–Trinajstić information content (AvgIpc) is 3.21. The molecule has 3 aromatic rings. The predicted octanol–water partition coefficient (Wildman–Crippen LogP) is 5.00. The molecule has 4 rings (SSSR count). The Morgan fingerprint density at radius 3 is 2.65 bits per heavy atom. The minimum absolute atomic E-state index is 0.0167. The second-order valence-corrected chi connectivity index (χ2v) is 9.78. The summed E-state index contributed by atoms with van der Waals surface area (Å²) >= 11 is 3.29. The first-order valence-electron chi connectivity index (χ1n) is 10.7. The minimum atomic E-state index is 0.0167. The fourth-order valence-electron chi connectivity index (χ4n) is 3.93. The molecule has 1 amide bonds. The SMILES string of the molecule is CSc1ccc(C(=O)N(CCCN2CCOCC2)c2nc3cc(C)cc(C)c3s2)cc1. The largest absolute Gasteiger partial charge is 0.379 e. The number of benzene rings is 2. The molecule has 0 aliphatic carbocycles. The molecule has 0 atom stereocenters. The first-order valence-corrected chi connectivity index (χ1v) is 12.7. The molecule has 0 saturated carbocycles. The number of carbonyl (C=O) groups excluding carboxylic acids is 1. The van der Waals surface area contributed by atoms with Crippen molar-refractivity contribution in [1.82, 2.24) is 9.88 Å². The van der Waals surface area contributed by atoms with Crippen LogP contribution in [0.25, 0.3) is 10.2 Å². The first-order chi connectivity index (χ1) is 15.0. The average molecular weight is 456 g/mol. The van der Waals surface area contributed by atoms with Crippen molar-refractivity contribution in [3.63, 3.8) is 0 Å². The number of aromatic nitrogens is 1. The van der Waals surface area contributed by atoms with Crippen LogP contribution in [0.2, 0.25) is 0 Å². The number of carbonyl (C=O) groups is 1. The highest BCUT2D eigenvalue weighted by Gasteiger charge is 2.22. The molecule has 1 aliphatic rings. The lowest BCUT2D eigenvalue weighted by Crippen LogP contribution is -2.39. The van der Waals surface area contributed by atoms with Crippen molar-refractivity contribution in [2.24, 2.45) is 0 Å². The molecule has 5 nitrogen and oxygen atoms in total. The van der Waals surface area contributed by atoms with Gasteiger partial charge in [-0.1, -0.05) is 17.4 Å². The van der Waals surface area contributed by atoms with Crippen LogP contribution in [0.15, 0.2) is 41.3 Å². The van der Waals surface area contributed by atoms with Crippen LogP contribution in [0.4, 0.5) is 5.13 Å². The van der Waals surface area contributed by atoms with E-state index in [0.717, 1.165) is 59.5 Å². The lowest BCUT2D eigenvalue weighted by atomic mass is 10.1. The Bertz CT molecular complexity index is 1040. The van der Waals surface area contributed by atoms with Gasteiger partial charge < -0.3 is 4.74 Å². The molecule has 1 aromatic heterocycles. The van der Waals surface area contributed by atoms with Crippen molar-refractivity contribution < 1.29 is 9.53 Å². The van der Waals surface area contributed by atoms with E-state index in [4.69, 9.17) is 9.72 Å². The zero-order valence-corrected chi connectivity index (χ0v) is 20.0. The second kappa shape index (κ2) is 10.1. The van der Waals surface area contributed by atoms with Crippen LogP contribution in [0.3, 0.4) is 0 Å². The summed E-state index contributed by atoms with van der Waals surface area (Å²) in [6.07, 6.45) is 2.95. The highest BCUT2D eigenvalue weighted by Crippen LogP contribution is 2.33. The normalized spacial score (nSPS) is 14.8. The Labute approximate surface area is 192 Å². The molecule has 2 aromatic carbocycles. The number of ether oxygens (including phenoxy) is 1. The molecule has 1 saturated heterocycles. The maximum Gasteiger partial charge on any atom is 0.260 e.